The van der Waals surface area contributed by atoms with Crippen LogP contribution in [0.15, 0.2) is 36.4 Å². The molecule has 2 rings (SSSR count). The first kappa shape index (κ1) is 20.0. The lowest BCUT2D eigenvalue weighted by atomic mass is 9.93. The van der Waals surface area contributed by atoms with Gasteiger partial charge in [0.25, 0.3) is 0 Å². The number of aliphatic hydroxyl groups is 4. The van der Waals surface area contributed by atoms with E-state index in [9.17, 15) is 5.11 Å². The Bertz CT molecular complexity index is 701. The van der Waals surface area contributed by atoms with Crippen LogP contribution < -0.4 is 16.4 Å². The molecule has 1 atom stereocenters. The van der Waals surface area contributed by atoms with E-state index >= 15 is 0 Å². The summed E-state index contributed by atoms with van der Waals surface area (Å²) in [6.45, 7) is 0.505. The number of hydrogen-bond donors (Lipinski definition) is 6. The van der Waals surface area contributed by atoms with Crippen molar-refractivity contribution >= 4 is 17.1 Å². The lowest BCUT2D eigenvalue weighted by Gasteiger charge is -2.23. The number of nitrogens with two attached hydrogens (primary N) is 2. The average Bonchev–Trinajstić information content (AvgIpc) is 2.63. The molecule has 0 fully saturated rings. The standard InChI is InChI=1S/C19H27N3O4/c20-14-9-17(18(19(21)10-14)11-16(26)12-25)13-1-3-15(4-2-13)22(5-7-23)6-8-24/h1-4,9-10,16,23-26H,5-8,11-12,20-21H2. The van der Waals surface area contributed by atoms with Crippen molar-refractivity contribution in [2.45, 2.75) is 12.5 Å². The van der Waals surface area contributed by atoms with Gasteiger partial charge in [-0.1, -0.05) is 12.1 Å². The number of nitrogens with zero attached hydrogens (tertiary/aromatic N) is 1. The molecule has 2 aromatic carbocycles. The Morgan fingerprint density at radius 1 is 0.923 bits per heavy atom. The summed E-state index contributed by atoms with van der Waals surface area (Å²) in [5.74, 6) is 0. The van der Waals surface area contributed by atoms with E-state index in [2.05, 4.69) is 0 Å². The van der Waals surface area contributed by atoms with Crippen molar-refractivity contribution in [3.63, 3.8) is 0 Å². The zero-order valence-electron chi connectivity index (χ0n) is 14.7. The van der Waals surface area contributed by atoms with Crippen LogP contribution in [0.5, 0.6) is 0 Å². The molecule has 0 bridgehead atoms. The molecule has 7 nitrogen and oxygen atoms in total. The molecular formula is C19H27N3O4. The quantitative estimate of drug-likeness (QED) is 0.351. The van der Waals surface area contributed by atoms with E-state index < -0.39 is 6.10 Å². The molecule has 26 heavy (non-hydrogen) atoms. The minimum atomic E-state index is -0.899. The van der Waals surface area contributed by atoms with Crippen molar-refractivity contribution in [3.8, 4) is 11.1 Å². The topological polar surface area (TPSA) is 136 Å². The third-order valence-electron chi connectivity index (χ3n) is 4.24. The Labute approximate surface area is 153 Å². The van der Waals surface area contributed by atoms with Gasteiger partial charge in [-0.15, -0.1) is 0 Å². The molecule has 0 aliphatic rings. The van der Waals surface area contributed by atoms with Gasteiger partial charge in [0.2, 0.25) is 0 Å². The van der Waals surface area contributed by atoms with Crippen molar-refractivity contribution in [3.05, 3.63) is 42.0 Å². The van der Waals surface area contributed by atoms with Crippen LogP contribution in [-0.2, 0) is 6.42 Å². The van der Waals surface area contributed by atoms with Crippen LogP contribution in [0, 0.1) is 0 Å². The summed E-state index contributed by atoms with van der Waals surface area (Å²) in [4.78, 5) is 1.88. The Morgan fingerprint density at radius 3 is 2.08 bits per heavy atom. The van der Waals surface area contributed by atoms with Crippen LogP contribution in [0.3, 0.4) is 0 Å². The summed E-state index contributed by atoms with van der Waals surface area (Å²) < 4.78 is 0. The lowest BCUT2D eigenvalue weighted by molar-refractivity contribution is 0.0957. The van der Waals surface area contributed by atoms with Gasteiger partial charge in [0.15, 0.2) is 0 Å². The molecule has 0 aromatic heterocycles. The zero-order chi connectivity index (χ0) is 19.1. The van der Waals surface area contributed by atoms with Gasteiger partial charge < -0.3 is 36.8 Å². The fraction of sp³-hybridized carbons (Fsp3) is 0.368. The van der Waals surface area contributed by atoms with Crippen LogP contribution >= 0.6 is 0 Å². The molecule has 0 saturated carbocycles. The van der Waals surface area contributed by atoms with Gasteiger partial charge in [0.05, 0.1) is 25.9 Å². The Hall–Kier alpha value is -2.32. The molecule has 2 aromatic rings. The van der Waals surface area contributed by atoms with Gasteiger partial charge in [0, 0.05) is 36.6 Å². The first-order chi connectivity index (χ1) is 12.5. The minimum Gasteiger partial charge on any atom is -0.399 e. The van der Waals surface area contributed by atoms with E-state index in [4.69, 9.17) is 26.8 Å². The van der Waals surface area contributed by atoms with Crippen LogP contribution in [0.25, 0.3) is 11.1 Å². The highest BCUT2D eigenvalue weighted by atomic mass is 16.3. The lowest BCUT2D eigenvalue weighted by Crippen LogP contribution is -2.29. The second-order valence-corrected chi connectivity index (χ2v) is 6.16. The molecule has 142 valence electrons. The number of nitrogen functional groups attached to an aromatic ring is 2. The Morgan fingerprint density at radius 2 is 1.54 bits per heavy atom. The van der Waals surface area contributed by atoms with Gasteiger partial charge in [0.1, 0.15) is 0 Å². The largest absolute Gasteiger partial charge is 0.399 e. The summed E-state index contributed by atoms with van der Waals surface area (Å²) in [5, 5.41) is 37.3. The Kier molecular flexibility index (Phi) is 7.23. The van der Waals surface area contributed by atoms with Crippen molar-refractivity contribution in [2.24, 2.45) is 0 Å². The molecule has 0 saturated heterocycles. The van der Waals surface area contributed by atoms with E-state index in [1.54, 1.807) is 12.1 Å². The van der Waals surface area contributed by atoms with Gasteiger partial charge in [-0.25, -0.2) is 0 Å². The molecule has 0 radical (unpaired) electrons. The first-order valence-electron chi connectivity index (χ1n) is 8.54. The van der Waals surface area contributed by atoms with E-state index in [-0.39, 0.29) is 26.2 Å². The molecule has 8 N–H and O–H groups in total. The summed E-state index contributed by atoms with van der Waals surface area (Å²) in [5.41, 5.74) is 16.3. The van der Waals surface area contributed by atoms with Crippen LogP contribution in [-0.4, -0.2) is 59.4 Å². The van der Waals surface area contributed by atoms with Crippen molar-refractivity contribution in [1.82, 2.24) is 0 Å². The highest BCUT2D eigenvalue weighted by molar-refractivity contribution is 5.78. The number of benzene rings is 2. The molecule has 0 spiro atoms. The van der Waals surface area contributed by atoms with Crippen LogP contribution in [0.1, 0.15) is 5.56 Å². The van der Waals surface area contributed by atoms with E-state index in [1.165, 1.54) is 0 Å². The van der Waals surface area contributed by atoms with E-state index in [0.29, 0.717) is 24.5 Å². The number of hydrogen-bond acceptors (Lipinski definition) is 7. The first-order valence-corrected chi connectivity index (χ1v) is 8.54. The molecule has 1 unspecified atom stereocenters. The maximum absolute atomic E-state index is 9.82. The molecule has 0 aliphatic carbocycles. The number of aliphatic hydroxyl groups excluding tert-OH is 4. The average molecular weight is 361 g/mol. The maximum Gasteiger partial charge on any atom is 0.0812 e. The maximum atomic E-state index is 9.82. The highest BCUT2D eigenvalue weighted by Gasteiger charge is 2.15. The summed E-state index contributed by atoms with van der Waals surface area (Å²) in [6.07, 6.45) is -0.676. The minimum absolute atomic E-state index is 0.00327. The fourth-order valence-corrected chi connectivity index (χ4v) is 2.97. The van der Waals surface area contributed by atoms with Crippen molar-refractivity contribution < 1.29 is 20.4 Å². The van der Waals surface area contributed by atoms with Gasteiger partial charge in [-0.05, 0) is 41.0 Å². The second kappa shape index (κ2) is 9.40. The predicted octanol–water partition coefficient (Wildman–Crippen LogP) is 0.205. The van der Waals surface area contributed by atoms with Crippen LogP contribution in [0.4, 0.5) is 17.1 Å². The molecule has 0 amide bonds. The molecular weight excluding hydrogens is 334 g/mol. The zero-order valence-corrected chi connectivity index (χ0v) is 14.7. The summed E-state index contributed by atoms with van der Waals surface area (Å²) in [7, 11) is 0. The van der Waals surface area contributed by atoms with Crippen molar-refractivity contribution in [1.29, 1.82) is 0 Å². The van der Waals surface area contributed by atoms with Crippen LogP contribution in [0.2, 0.25) is 0 Å². The monoisotopic (exact) mass is 361 g/mol. The van der Waals surface area contributed by atoms with E-state index in [0.717, 1.165) is 22.4 Å². The number of rotatable bonds is 9. The molecule has 0 heterocycles. The summed E-state index contributed by atoms with van der Waals surface area (Å²) >= 11 is 0. The van der Waals surface area contributed by atoms with Gasteiger partial charge in [-0.3, -0.25) is 0 Å². The fourth-order valence-electron chi connectivity index (χ4n) is 2.97. The Balaban J connectivity index is 2.38. The van der Waals surface area contributed by atoms with E-state index in [1.807, 2.05) is 29.2 Å². The van der Waals surface area contributed by atoms with Gasteiger partial charge >= 0.3 is 0 Å². The predicted molar refractivity (Wildman–Crippen MR) is 104 cm³/mol. The SMILES string of the molecule is Nc1cc(N)c(CC(O)CO)c(-c2ccc(N(CCO)CCO)cc2)c1. The number of anilines is 3. The van der Waals surface area contributed by atoms with Crippen molar-refractivity contribution in [2.75, 3.05) is 49.3 Å². The van der Waals surface area contributed by atoms with Gasteiger partial charge in [-0.2, -0.15) is 0 Å². The third kappa shape index (κ3) is 4.86. The third-order valence-corrected chi connectivity index (χ3v) is 4.24. The molecule has 7 heteroatoms. The highest BCUT2D eigenvalue weighted by Crippen LogP contribution is 2.32. The second-order valence-electron chi connectivity index (χ2n) is 6.16. The smallest absolute Gasteiger partial charge is 0.0812 e. The summed E-state index contributed by atoms with van der Waals surface area (Å²) in [6, 6.07) is 11.0. The molecule has 0 aliphatic heterocycles. The normalized spacial score (nSPS) is 12.2.